The Morgan fingerprint density at radius 2 is 2.00 bits per heavy atom. The van der Waals surface area contributed by atoms with Crippen LogP contribution in [0, 0.1) is 6.92 Å². The van der Waals surface area contributed by atoms with Crippen LogP contribution in [0.1, 0.15) is 55.0 Å². The Hall–Kier alpha value is -2.67. The number of nitrogens with zero attached hydrogens (tertiary/aromatic N) is 3. The third kappa shape index (κ3) is 4.66. The van der Waals surface area contributed by atoms with Crippen molar-refractivity contribution >= 4 is 17.5 Å². The molecule has 4 rings (SSSR count). The number of carbonyl (C=O) groups is 1. The second-order valence-electron chi connectivity index (χ2n) is 8.74. The van der Waals surface area contributed by atoms with E-state index >= 15 is 0 Å². The number of morpholine rings is 1. The summed E-state index contributed by atoms with van der Waals surface area (Å²) >= 11 is 0. The molecule has 7 heteroatoms. The van der Waals surface area contributed by atoms with E-state index in [0.717, 1.165) is 25.1 Å². The summed E-state index contributed by atoms with van der Waals surface area (Å²) in [6, 6.07) is 6.44. The predicted molar refractivity (Wildman–Crippen MR) is 122 cm³/mol. The number of ether oxygens (including phenoxy) is 1. The number of hydrogen-bond donors (Lipinski definition) is 1. The minimum atomic E-state index is -0.151. The molecule has 2 aliphatic heterocycles. The summed E-state index contributed by atoms with van der Waals surface area (Å²) in [5.41, 5.74) is 4.71. The number of aryl methyl sites for hydroxylation is 2. The van der Waals surface area contributed by atoms with Crippen LogP contribution in [-0.2, 0) is 22.4 Å². The lowest BCUT2D eigenvalue weighted by atomic mass is 9.94. The first kappa shape index (κ1) is 21.6. The maximum absolute atomic E-state index is 13.1. The van der Waals surface area contributed by atoms with Crippen LogP contribution in [0.3, 0.4) is 0 Å². The topological polar surface area (TPSA) is 78.5 Å². The molecular formula is C24H32N4O3. The SMILES string of the molecule is Cc1nc(N2CCOCC2)[nH]c(=O)c1CCC(=O)N1CCCc2cc(C(C)C)ccc21. The first-order valence-electron chi connectivity index (χ1n) is 11.3. The molecule has 31 heavy (non-hydrogen) atoms. The van der Waals surface area contributed by atoms with Gasteiger partial charge in [0, 0.05) is 43.0 Å². The van der Waals surface area contributed by atoms with Gasteiger partial charge in [0.05, 0.1) is 13.2 Å². The van der Waals surface area contributed by atoms with E-state index in [2.05, 4.69) is 42.0 Å². The highest BCUT2D eigenvalue weighted by atomic mass is 16.5. The molecule has 2 aliphatic rings. The Morgan fingerprint density at radius 1 is 1.23 bits per heavy atom. The lowest BCUT2D eigenvalue weighted by Gasteiger charge is -2.30. The van der Waals surface area contributed by atoms with Crippen molar-refractivity contribution in [2.75, 3.05) is 42.6 Å². The van der Waals surface area contributed by atoms with E-state index in [1.807, 2.05) is 16.7 Å². The maximum Gasteiger partial charge on any atom is 0.255 e. The fourth-order valence-corrected chi connectivity index (χ4v) is 4.42. The number of H-pyrrole nitrogens is 1. The minimum absolute atomic E-state index is 0.0642. The summed E-state index contributed by atoms with van der Waals surface area (Å²) in [5.74, 6) is 1.13. The summed E-state index contributed by atoms with van der Waals surface area (Å²) < 4.78 is 5.37. The van der Waals surface area contributed by atoms with E-state index in [4.69, 9.17) is 4.74 Å². The highest BCUT2D eigenvalue weighted by molar-refractivity contribution is 5.94. The Labute approximate surface area is 183 Å². The Morgan fingerprint density at radius 3 is 2.71 bits per heavy atom. The van der Waals surface area contributed by atoms with Crippen molar-refractivity contribution in [2.45, 2.75) is 52.4 Å². The smallest absolute Gasteiger partial charge is 0.255 e. The number of rotatable bonds is 5. The summed E-state index contributed by atoms with van der Waals surface area (Å²) in [6.07, 6.45) is 2.67. The van der Waals surface area contributed by atoms with Crippen LogP contribution in [-0.4, -0.2) is 48.7 Å². The first-order chi connectivity index (χ1) is 14.9. The molecule has 0 unspecified atom stereocenters. The quantitative estimate of drug-likeness (QED) is 0.798. The minimum Gasteiger partial charge on any atom is -0.378 e. The molecule has 0 spiro atoms. The van der Waals surface area contributed by atoms with E-state index in [1.54, 1.807) is 0 Å². The highest BCUT2D eigenvalue weighted by Crippen LogP contribution is 2.30. The summed E-state index contributed by atoms with van der Waals surface area (Å²) in [7, 11) is 0. The number of fused-ring (bicyclic) bond motifs is 1. The van der Waals surface area contributed by atoms with Crippen LogP contribution in [0.4, 0.5) is 11.6 Å². The molecule has 0 radical (unpaired) electrons. The number of nitrogens with one attached hydrogen (secondary N) is 1. The molecule has 0 aliphatic carbocycles. The molecule has 1 N–H and O–H groups in total. The van der Waals surface area contributed by atoms with Gasteiger partial charge in [-0.05, 0) is 49.3 Å². The van der Waals surface area contributed by atoms with Gasteiger partial charge in [-0.15, -0.1) is 0 Å². The van der Waals surface area contributed by atoms with Gasteiger partial charge in [-0.1, -0.05) is 26.0 Å². The van der Waals surface area contributed by atoms with E-state index in [0.29, 0.717) is 62.3 Å². The second kappa shape index (κ2) is 9.22. The largest absolute Gasteiger partial charge is 0.378 e. The van der Waals surface area contributed by atoms with Crippen molar-refractivity contribution in [3.63, 3.8) is 0 Å². The van der Waals surface area contributed by atoms with Gasteiger partial charge in [-0.25, -0.2) is 4.98 Å². The van der Waals surface area contributed by atoms with Crippen molar-refractivity contribution in [3.05, 3.63) is 50.9 Å². The maximum atomic E-state index is 13.1. The number of aromatic nitrogens is 2. The first-order valence-corrected chi connectivity index (χ1v) is 11.3. The number of carbonyl (C=O) groups excluding carboxylic acids is 1. The predicted octanol–water partition coefficient (Wildman–Crippen LogP) is 2.95. The number of aromatic amines is 1. The standard InChI is InChI=1S/C24H32N4O3/c1-16(2)18-6-8-21-19(15-18)5-4-10-28(21)22(29)9-7-20-17(3)25-24(26-23(20)30)27-11-13-31-14-12-27/h6,8,15-16H,4-5,7,9-14H2,1-3H3,(H,25,26,30). The van der Waals surface area contributed by atoms with Crippen molar-refractivity contribution in [2.24, 2.45) is 0 Å². The zero-order valence-electron chi connectivity index (χ0n) is 18.7. The molecule has 1 amide bonds. The van der Waals surface area contributed by atoms with Gasteiger partial charge in [0.1, 0.15) is 0 Å². The van der Waals surface area contributed by atoms with Gasteiger partial charge in [-0.3, -0.25) is 14.6 Å². The third-order valence-corrected chi connectivity index (χ3v) is 6.30. The highest BCUT2D eigenvalue weighted by Gasteiger charge is 2.24. The number of hydrogen-bond acceptors (Lipinski definition) is 5. The van der Waals surface area contributed by atoms with E-state index < -0.39 is 0 Å². The Bertz CT molecular complexity index is 1010. The van der Waals surface area contributed by atoms with Gasteiger partial charge in [-0.2, -0.15) is 0 Å². The van der Waals surface area contributed by atoms with Crippen LogP contribution in [0.25, 0.3) is 0 Å². The van der Waals surface area contributed by atoms with Crippen molar-refractivity contribution in [3.8, 4) is 0 Å². The van der Waals surface area contributed by atoms with E-state index in [-0.39, 0.29) is 11.5 Å². The van der Waals surface area contributed by atoms with Crippen LogP contribution < -0.4 is 15.4 Å². The molecule has 7 nitrogen and oxygen atoms in total. The lowest BCUT2D eigenvalue weighted by molar-refractivity contribution is -0.118. The third-order valence-electron chi connectivity index (χ3n) is 6.30. The number of benzene rings is 1. The average Bonchev–Trinajstić information content (AvgIpc) is 2.78. The molecule has 2 aromatic rings. The summed E-state index contributed by atoms with van der Waals surface area (Å²) in [5, 5.41) is 0. The molecule has 0 bridgehead atoms. The molecule has 1 aromatic heterocycles. The van der Waals surface area contributed by atoms with Crippen molar-refractivity contribution in [1.29, 1.82) is 0 Å². The van der Waals surface area contributed by atoms with Gasteiger partial charge in [0.15, 0.2) is 0 Å². The van der Waals surface area contributed by atoms with Crippen molar-refractivity contribution in [1.82, 2.24) is 9.97 Å². The van der Waals surface area contributed by atoms with Crippen molar-refractivity contribution < 1.29 is 9.53 Å². The van der Waals surface area contributed by atoms with E-state index in [1.165, 1.54) is 11.1 Å². The fraction of sp³-hybridized carbons (Fsp3) is 0.542. The average molecular weight is 425 g/mol. The van der Waals surface area contributed by atoms with Crippen LogP contribution in [0.15, 0.2) is 23.0 Å². The molecular weight excluding hydrogens is 392 g/mol. The number of amides is 1. The summed E-state index contributed by atoms with van der Waals surface area (Å²) in [4.78, 5) is 37.2. The lowest BCUT2D eigenvalue weighted by Crippen LogP contribution is -2.39. The molecule has 1 saturated heterocycles. The van der Waals surface area contributed by atoms with Crippen LogP contribution in [0.2, 0.25) is 0 Å². The Kier molecular flexibility index (Phi) is 6.41. The number of anilines is 2. The normalized spacial score (nSPS) is 16.5. The summed E-state index contributed by atoms with van der Waals surface area (Å²) in [6.45, 7) is 9.65. The van der Waals surface area contributed by atoms with Gasteiger partial charge >= 0.3 is 0 Å². The van der Waals surface area contributed by atoms with Gasteiger partial charge in [0.25, 0.3) is 5.56 Å². The van der Waals surface area contributed by atoms with E-state index in [9.17, 15) is 9.59 Å². The zero-order valence-corrected chi connectivity index (χ0v) is 18.7. The molecule has 0 atom stereocenters. The van der Waals surface area contributed by atoms with Gasteiger partial charge in [0.2, 0.25) is 11.9 Å². The van der Waals surface area contributed by atoms with Gasteiger partial charge < -0.3 is 14.5 Å². The van der Waals surface area contributed by atoms with Crippen LogP contribution in [0.5, 0.6) is 0 Å². The molecule has 1 fully saturated rings. The zero-order chi connectivity index (χ0) is 22.0. The van der Waals surface area contributed by atoms with Crippen LogP contribution >= 0.6 is 0 Å². The second-order valence-corrected chi connectivity index (χ2v) is 8.74. The molecule has 0 saturated carbocycles. The molecule has 3 heterocycles. The molecule has 1 aromatic carbocycles. The monoisotopic (exact) mass is 424 g/mol. The fourth-order valence-electron chi connectivity index (χ4n) is 4.42. The Balaban J connectivity index is 1.46. The molecule has 166 valence electrons.